The molecule has 0 atom stereocenters. The number of nitrogens with two attached hydrogens (primary N) is 1. The third-order valence-corrected chi connectivity index (χ3v) is 4.25. The lowest BCUT2D eigenvalue weighted by Gasteiger charge is -2.15. The number of rotatable bonds is 11. The first-order valence-corrected chi connectivity index (χ1v) is 10.0. The van der Waals surface area contributed by atoms with Crippen LogP contribution in [0, 0.1) is 5.41 Å². The van der Waals surface area contributed by atoms with Crippen molar-refractivity contribution >= 4 is 11.9 Å². The summed E-state index contributed by atoms with van der Waals surface area (Å²) in [7, 11) is 1.67. The molecule has 0 saturated heterocycles. The van der Waals surface area contributed by atoms with Crippen molar-refractivity contribution in [3.8, 4) is 22.6 Å². The van der Waals surface area contributed by atoms with E-state index in [4.69, 9.17) is 25.4 Å². The fourth-order valence-corrected chi connectivity index (χ4v) is 2.92. The highest BCUT2D eigenvalue weighted by Gasteiger charge is 2.11. The van der Waals surface area contributed by atoms with Gasteiger partial charge in [-0.2, -0.15) is 0 Å². The molecular formula is C23H31N3O4. The molecule has 7 heteroatoms. The first-order chi connectivity index (χ1) is 14.4. The molecule has 7 nitrogen and oxygen atoms in total. The van der Waals surface area contributed by atoms with Gasteiger partial charge in [-0.1, -0.05) is 24.3 Å². The quantitative estimate of drug-likeness (QED) is 0.297. The van der Waals surface area contributed by atoms with Crippen LogP contribution in [0.2, 0.25) is 0 Å². The SMILES string of the molecule is COCCCOc1cc(CCC(=O)NC(=N)N)ccc1-c1ccc(OC(C)C)cc1. The summed E-state index contributed by atoms with van der Waals surface area (Å²) in [5.41, 5.74) is 8.17. The van der Waals surface area contributed by atoms with Crippen LogP contribution in [-0.4, -0.2) is 38.3 Å². The summed E-state index contributed by atoms with van der Waals surface area (Å²) in [6, 6.07) is 13.9. The predicted molar refractivity (Wildman–Crippen MR) is 118 cm³/mol. The maximum Gasteiger partial charge on any atom is 0.226 e. The Morgan fingerprint density at radius 1 is 1.13 bits per heavy atom. The minimum Gasteiger partial charge on any atom is -0.493 e. The number of carbonyl (C=O) groups excluding carboxylic acids is 1. The van der Waals surface area contributed by atoms with E-state index in [0.717, 1.165) is 34.6 Å². The Kier molecular flexibility index (Phi) is 9.15. The smallest absolute Gasteiger partial charge is 0.226 e. The Bertz CT molecular complexity index is 835. The van der Waals surface area contributed by atoms with E-state index in [1.807, 2.05) is 56.3 Å². The van der Waals surface area contributed by atoms with Crippen LogP contribution in [0.1, 0.15) is 32.3 Å². The Morgan fingerprint density at radius 2 is 1.87 bits per heavy atom. The van der Waals surface area contributed by atoms with Gasteiger partial charge in [0.05, 0.1) is 12.7 Å². The van der Waals surface area contributed by atoms with E-state index in [9.17, 15) is 4.79 Å². The molecule has 0 unspecified atom stereocenters. The van der Waals surface area contributed by atoms with Crippen molar-refractivity contribution in [1.29, 1.82) is 5.41 Å². The number of guanidine groups is 1. The van der Waals surface area contributed by atoms with Gasteiger partial charge in [0, 0.05) is 32.1 Å². The van der Waals surface area contributed by atoms with E-state index >= 15 is 0 Å². The van der Waals surface area contributed by atoms with Gasteiger partial charge in [-0.05, 0) is 49.6 Å². The van der Waals surface area contributed by atoms with Crippen LogP contribution in [0.25, 0.3) is 11.1 Å². The third kappa shape index (κ3) is 7.75. The Labute approximate surface area is 178 Å². The second kappa shape index (κ2) is 11.8. The van der Waals surface area contributed by atoms with Gasteiger partial charge < -0.3 is 19.9 Å². The summed E-state index contributed by atoms with van der Waals surface area (Å²) >= 11 is 0. The fraction of sp³-hybridized carbons (Fsp3) is 0.391. The Morgan fingerprint density at radius 3 is 2.50 bits per heavy atom. The highest BCUT2D eigenvalue weighted by atomic mass is 16.5. The predicted octanol–water partition coefficient (Wildman–Crippen LogP) is 3.50. The molecule has 0 bridgehead atoms. The number of methoxy groups -OCH3 is 1. The fourth-order valence-electron chi connectivity index (χ4n) is 2.92. The first-order valence-electron chi connectivity index (χ1n) is 10.0. The number of hydrogen-bond donors (Lipinski definition) is 3. The maximum absolute atomic E-state index is 11.8. The van der Waals surface area contributed by atoms with Gasteiger partial charge in [0.25, 0.3) is 0 Å². The largest absolute Gasteiger partial charge is 0.493 e. The normalized spacial score (nSPS) is 10.7. The highest BCUT2D eigenvalue weighted by molar-refractivity contribution is 5.94. The molecule has 0 aliphatic heterocycles. The van der Waals surface area contributed by atoms with Crippen molar-refractivity contribution in [1.82, 2.24) is 5.32 Å². The summed E-state index contributed by atoms with van der Waals surface area (Å²) < 4.78 is 16.8. The Hall–Kier alpha value is -3.06. The van der Waals surface area contributed by atoms with Gasteiger partial charge in [0.1, 0.15) is 11.5 Å². The van der Waals surface area contributed by atoms with Gasteiger partial charge in [0.2, 0.25) is 5.91 Å². The average molecular weight is 414 g/mol. The molecule has 1 amide bonds. The standard InChI is InChI=1S/C23H31N3O4/c1-16(2)30-19-9-7-18(8-10-19)20-11-5-17(6-12-22(27)26-23(24)25)15-21(20)29-14-4-13-28-3/h5,7-11,15-16H,4,6,12-14H2,1-3H3,(H4,24,25,26,27). The van der Waals surface area contributed by atoms with Crippen molar-refractivity contribution in [3.05, 3.63) is 48.0 Å². The molecule has 0 heterocycles. The molecule has 0 aliphatic rings. The average Bonchev–Trinajstić information content (AvgIpc) is 2.69. The van der Waals surface area contributed by atoms with E-state index in [0.29, 0.717) is 19.6 Å². The number of carbonyl (C=O) groups is 1. The molecule has 2 aromatic carbocycles. The number of benzene rings is 2. The van der Waals surface area contributed by atoms with Gasteiger partial charge in [-0.3, -0.25) is 15.5 Å². The second-order valence-electron chi connectivity index (χ2n) is 7.18. The maximum atomic E-state index is 11.8. The molecule has 4 N–H and O–H groups in total. The lowest BCUT2D eigenvalue weighted by Crippen LogP contribution is -2.35. The van der Waals surface area contributed by atoms with Gasteiger partial charge in [-0.25, -0.2) is 0 Å². The number of amides is 1. The molecule has 0 aliphatic carbocycles. The zero-order valence-corrected chi connectivity index (χ0v) is 17.9. The van der Waals surface area contributed by atoms with E-state index in [-0.39, 0.29) is 24.4 Å². The van der Waals surface area contributed by atoms with Gasteiger partial charge in [-0.15, -0.1) is 0 Å². The minimum absolute atomic E-state index is 0.120. The van der Waals surface area contributed by atoms with Crippen LogP contribution < -0.4 is 20.5 Å². The van der Waals surface area contributed by atoms with Crippen molar-refractivity contribution in [2.24, 2.45) is 5.73 Å². The number of aryl methyl sites for hydroxylation is 1. The summed E-state index contributed by atoms with van der Waals surface area (Å²) in [6.45, 7) is 5.15. The van der Waals surface area contributed by atoms with Crippen LogP contribution in [0.3, 0.4) is 0 Å². The molecule has 0 saturated carbocycles. The molecule has 30 heavy (non-hydrogen) atoms. The van der Waals surface area contributed by atoms with Crippen LogP contribution in [0.4, 0.5) is 0 Å². The molecule has 0 aromatic heterocycles. The highest BCUT2D eigenvalue weighted by Crippen LogP contribution is 2.33. The first kappa shape index (κ1) is 23.2. The van der Waals surface area contributed by atoms with Crippen LogP contribution in [0.5, 0.6) is 11.5 Å². The number of ether oxygens (including phenoxy) is 3. The van der Waals surface area contributed by atoms with Crippen LogP contribution in [-0.2, 0) is 16.0 Å². The summed E-state index contributed by atoms with van der Waals surface area (Å²) in [5, 5.41) is 9.43. The van der Waals surface area contributed by atoms with Crippen LogP contribution in [0.15, 0.2) is 42.5 Å². The van der Waals surface area contributed by atoms with E-state index in [1.165, 1.54) is 0 Å². The van der Waals surface area contributed by atoms with Gasteiger partial charge >= 0.3 is 0 Å². The molecule has 0 fully saturated rings. The minimum atomic E-state index is -0.345. The molecular weight excluding hydrogens is 382 g/mol. The summed E-state index contributed by atoms with van der Waals surface area (Å²) in [4.78, 5) is 11.8. The molecule has 2 rings (SSSR count). The topological polar surface area (TPSA) is 107 Å². The van der Waals surface area contributed by atoms with Gasteiger partial charge in [0.15, 0.2) is 5.96 Å². The van der Waals surface area contributed by atoms with Crippen molar-refractivity contribution in [2.45, 2.75) is 39.2 Å². The van der Waals surface area contributed by atoms with E-state index in [2.05, 4.69) is 5.32 Å². The lowest BCUT2D eigenvalue weighted by atomic mass is 10.0. The zero-order valence-electron chi connectivity index (χ0n) is 17.9. The number of hydrogen-bond acceptors (Lipinski definition) is 5. The second-order valence-corrected chi connectivity index (χ2v) is 7.18. The van der Waals surface area contributed by atoms with Crippen LogP contribution >= 0.6 is 0 Å². The lowest BCUT2D eigenvalue weighted by molar-refractivity contribution is -0.119. The summed E-state index contributed by atoms with van der Waals surface area (Å²) in [5.74, 6) is 0.954. The number of nitrogens with one attached hydrogen (secondary N) is 2. The van der Waals surface area contributed by atoms with Crippen molar-refractivity contribution in [2.75, 3.05) is 20.3 Å². The Balaban J connectivity index is 2.18. The zero-order chi connectivity index (χ0) is 21.9. The van der Waals surface area contributed by atoms with E-state index < -0.39 is 0 Å². The van der Waals surface area contributed by atoms with Crippen molar-refractivity contribution < 1.29 is 19.0 Å². The van der Waals surface area contributed by atoms with Crippen molar-refractivity contribution in [3.63, 3.8) is 0 Å². The third-order valence-electron chi connectivity index (χ3n) is 4.25. The molecule has 2 aromatic rings. The molecule has 162 valence electrons. The monoisotopic (exact) mass is 413 g/mol. The summed E-state index contributed by atoms with van der Waals surface area (Å²) in [6.07, 6.45) is 1.66. The van der Waals surface area contributed by atoms with E-state index in [1.54, 1.807) is 7.11 Å². The molecule has 0 radical (unpaired) electrons. The molecule has 0 spiro atoms.